The average molecular weight is 458 g/mol. The van der Waals surface area contributed by atoms with Crippen LogP contribution in [0.25, 0.3) is 0 Å². The molecule has 1 amide bonds. The van der Waals surface area contributed by atoms with Gasteiger partial charge in [-0.2, -0.15) is 4.31 Å². The zero-order chi connectivity index (χ0) is 21.9. The Morgan fingerprint density at radius 1 is 1.13 bits per heavy atom. The Morgan fingerprint density at radius 2 is 1.77 bits per heavy atom. The molecule has 2 aromatic rings. The summed E-state index contributed by atoms with van der Waals surface area (Å²) < 4.78 is 45.0. The van der Waals surface area contributed by atoms with Gasteiger partial charge in [-0.25, -0.2) is 12.8 Å². The number of nitro benzene ring substituents is 1. The van der Waals surface area contributed by atoms with E-state index in [1.165, 1.54) is 27.4 Å². The summed E-state index contributed by atoms with van der Waals surface area (Å²) >= 11 is 5.85. The third-order valence-electron chi connectivity index (χ3n) is 4.52. The number of ether oxygens (including phenoxy) is 1. The smallest absolute Gasteiger partial charge is 0.269 e. The van der Waals surface area contributed by atoms with E-state index in [9.17, 15) is 27.7 Å². The summed E-state index contributed by atoms with van der Waals surface area (Å²) in [6, 6.07) is 8.18. The molecule has 12 heteroatoms. The number of carbonyl (C=O) groups is 1. The number of benzene rings is 2. The fraction of sp³-hybridized carbons (Fsp3) is 0.278. The maximum Gasteiger partial charge on any atom is 0.269 e. The third kappa shape index (κ3) is 4.86. The summed E-state index contributed by atoms with van der Waals surface area (Å²) in [7, 11) is -3.83. The molecule has 0 spiro atoms. The molecule has 160 valence electrons. The fourth-order valence-corrected chi connectivity index (χ4v) is 4.53. The number of nitrogens with zero attached hydrogens (tertiary/aromatic N) is 3. The van der Waals surface area contributed by atoms with E-state index in [0.717, 1.165) is 24.3 Å². The zero-order valence-electron chi connectivity index (χ0n) is 15.5. The number of hydrogen-bond donors (Lipinski definition) is 0. The van der Waals surface area contributed by atoms with Gasteiger partial charge in [-0.1, -0.05) is 11.6 Å². The van der Waals surface area contributed by atoms with Crippen LogP contribution in [-0.2, 0) is 14.8 Å². The van der Waals surface area contributed by atoms with E-state index in [4.69, 9.17) is 16.3 Å². The number of rotatable bonds is 6. The number of non-ortho nitro benzene ring substituents is 1. The first-order chi connectivity index (χ1) is 14.2. The Labute approximate surface area is 176 Å². The summed E-state index contributed by atoms with van der Waals surface area (Å²) in [5.74, 6) is -0.711. The van der Waals surface area contributed by atoms with Gasteiger partial charge in [-0.3, -0.25) is 14.9 Å². The Morgan fingerprint density at radius 3 is 2.33 bits per heavy atom. The maximum atomic E-state index is 13.0. The van der Waals surface area contributed by atoms with E-state index in [2.05, 4.69) is 0 Å². The molecule has 0 unspecified atom stereocenters. The van der Waals surface area contributed by atoms with Crippen LogP contribution >= 0.6 is 11.6 Å². The van der Waals surface area contributed by atoms with Crippen molar-refractivity contribution < 1.29 is 27.3 Å². The van der Waals surface area contributed by atoms with Gasteiger partial charge >= 0.3 is 0 Å². The van der Waals surface area contributed by atoms with Crippen molar-refractivity contribution in [1.82, 2.24) is 9.21 Å². The van der Waals surface area contributed by atoms with Gasteiger partial charge in [0.05, 0.1) is 14.8 Å². The lowest BCUT2D eigenvalue weighted by Gasteiger charge is -2.34. The van der Waals surface area contributed by atoms with Crippen molar-refractivity contribution in [1.29, 1.82) is 0 Å². The molecule has 2 aromatic carbocycles. The van der Waals surface area contributed by atoms with Gasteiger partial charge in [-0.05, 0) is 30.3 Å². The second-order valence-corrected chi connectivity index (χ2v) is 8.74. The first-order valence-electron chi connectivity index (χ1n) is 8.79. The van der Waals surface area contributed by atoms with E-state index < -0.39 is 20.8 Å². The summed E-state index contributed by atoms with van der Waals surface area (Å²) in [6.07, 6.45) is 0. The van der Waals surface area contributed by atoms with Gasteiger partial charge in [0, 0.05) is 38.3 Å². The predicted octanol–water partition coefficient (Wildman–Crippen LogP) is 2.30. The lowest BCUT2D eigenvalue weighted by molar-refractivity contribution is -0.384. The molecular formula is C18H17ClFN3O6S. The van der Waals surface area contributed by atoms with Crippen molar-refractivity contribution in [3.63, 3.8) is 0 Å². The highest BCUT2D eigenvalue weighted by atomic mass is 35.5. The lowest BCUT2D eigenvalue weighted by atomic mass is 10.3. The van der Waals surface area contributed by atoms with E-state index in [1.807, 2.05) is 0 Å². The van der Waals surface area contributed by atoms with Crippen LogP contribution in [0.15, 0.2) is 47.4 Å². The predicted molar refractivity (Wildman–Crippen MR) is 105 cm³/mol. The summed E-state index contributed by atoms with van der Waals surface area (Å²) in [6.45, 7) is 0.141. The van der Waals surface area contributed by atoms with E-state index in [0.29, 0.717) is 0 Å². The Kier molecular flexibility index (Phi) is 6.54. The van der Waals surface area contributed by atoms with Crippen LogP contribution in [0.5, 0.6) is 5.75 Å². The number of nitro groups is 1. The molecule has 0 radical (unpaired) electrons. The van der Waals surface area contributed by atoms with Crippen LogP contribution in [0.2, 0.25) is 5.02 Å². The zero-order valence-corrected chi connectivity index (χ0v) is 17.1. The molecule has 0 N–H and O–H groups in total. The molecule has 0 atom stereocenters. The molecule has 1 aliphatic rings. The number of hydrogen-bond acceptors (Lipinski definition) is 6. The molecule has 1 aliphatic heterocycles. The van der Waals surface area contributed by atoms with Crippen molar-refractivity contribution in [2.24, 2.45) is 0 Å². The molecule has 0 bridgehead atoms. The average Bonchev–Trinajstić information content (AvgIpc) is 2.73. The van der Waals surface area contributed by atoms with Crippen molar-refractivity contribution in [3.8, 4) is 5.75 Å². The molecule has 3 rings (SSSR count). The van der Waals surface area contributed by atoms with E-state index in [1.54, 1.807) is 0 Å². The van der Waals surface area contributed by atoms with Crippen molar-refractivity contribution in [2.45, 2.75) is 4.90 Å². The maximum absolute atomic E-state index is 13.0. The van der Waals surface area contributed by atoms with Gasteiger partial charge in [0.2, 0.25) is 10.0 Å². The fourth-order valence-electron chi connectivity index (χ4n) is 2.89. The molecule has 30 heavy (non-hydrogen) atoms. The normalized spacial score (nSPS) is 15.1. The minimum Gasteiger partial charge on any atom is -0.482 e. The number of amides is 1. The van der Waals surface area contributed by atoms with Gasteiger partial charge < -0.3 is 9.64 Å². The molecule has 0 saturated carbocycles. The molecule has 1 saturated heterocycles. The minimum atomic E-state index is -3.83. The highest BCUT2D eigenvalue weighted by Gasteiger charge is 2.30. The highest BCUT2D eigenvalue weighted by Crippen LogP contribution is 2.25. The van der Waals surface area contributed by atoms with Crippen LogP contribution in [0.4, 0.5) is 10.1 Å². The minimum absolute atomic E-state index is 0.0433. The van der Waals surface area contributed by atoms with E-state index in [-0.39, 0.29) is 60.0 Å². The Hall–Kier alpha value is -2.76. The second-order valence-electron chi connectivity index (χ2n) is 6.40. The number of sulfonamides is 1. The van der Waals surface area contributed by atoms with Crippen LogP contribution in [0.3, 0.4) is 0 Å². The largest absolute Gasteiger partial charge is 0.482 e. The molecule has 1 heterocycles. The Bertz CT molecular complexity index is 1060. The first-order valence-corrected chi connectivity index (χ1v) is 10.6. The molecule has 9 nitrogen and oxygen atoms in total. The highest BCUT2D eigenvalue weighted by molar-refractivity contribution is 7.89. The number of carbonyl (C=O) groups excluding carboxylic acids is 1. The number of halogens is 2. The first kappa shape index (κ1) is 21.9. The standard InChI is InChI=1S/C18H17ClFN3O6S/c19-16-11-13(20)1-6-17(16)29-12-18(24)21-7-9-22(10-8-21)30(27,28)15-4-2-14(3-5-15)23(25)26/h1-6,11H,7-10,12H2. The van der Waals surface area contributed by atoms with E-state index >= 15 is 0 Å². The molecule has 1 fully saturated rings. The van der Waals surface area contributed by atoms with Crippen LogP contribution in [0.1, 0.15) is 0 Å². The summed E-state index contributed by atoms with van der Waals surface area (Å²) in [5.41, 5.74) is -0.203. The second kappa shape index (κ2) is 8.94. The van der Waals surface area contributed by atoms with Gasteiger partial charge in [-0.15, -0.1) is 0 Å². The third-order valence-corrected chi connectivity index (χ3v) is 6.73. The lowest BCUT2D eigenvalue weighted by Crippen LogP contribution is -2.51. The number of piperazine rings is 1. The van der Waals surface area contributed by atoms with Crippen LogP contribution in [0, 0.1) is 15.9 Å². The van der Waals surface area contributed by atoms with Gasteiger partial charge in [0.25, 0.3) is 11.6 Å². The van der Waals surface area contributed by atoms with Crippen molar-refractivity contribution >= 4 is 33.2 Å². The molecular weight excluding hydrogens is 441 g/mol. The van der Waals surface area contributed by atoms with Gasteiger partial charge in [0.1, 0.15) is 11.6 Å². The summed E-state index contributed by atoms with van der Waals surface area (Å²) in [4.78, 5) is 23.8. The van der Waals surface area contributed by atoms with Crippen molar-refractivity contribution in [2.75, 3.05) is 32.8 Å². The van der Waals surface area contributed by atoms with Crippen molar-refractivity contribution in [3.05, 3.63) is 63.4 Å². The van der Waals surface area contributed by atoms with Crippen LogP contribution < -0.4 is 4.74 Å². The molecule has 0 aliphatic carbocycles. The topological polar surface area (TPSA) is 110 Å². The quantitative estimate of drug-likeness (QED) is 0.486. The monoisotopic (exact) mass is 457 g/mol. The van der Waals surface area contributed by atoms with Gasteiger partial charge in [0.15, 0.2) is 6.61 Å². The Balaban J connectivity index is 1.56. The molecule has 0 aromatic heterocycles. The van der Waals surface area contributed by atoms with Crippen LogP contribution in [-0.4, -0.2) is 61.2 Å². The SMILES string of the molecule is O=C(COc1ccc(F)cc1Cl)N1CCN(S(=O)(=O)c2ccc([N+](=O)[O-])cc2)CC1. The summed E-state index contributed by atoms with van der Waals surface area (Å²) in [5, 5.41) is 10.8.